The van der Waals surface area contributed by atoms with Crippen LogP contribution >= 0.6 is 0 Å². The average molecular weight is 273 g/mol. The molecular formula is C10H15N3O4S. The van der Waals surface area contributed by atoms with Crippen LogP contribution in [0.15, 0.2) is 17.3 Å². The quantitative estimate of drug-likeness (QED) is 0.816. The molecule has 0 atom stereocenters. The van der Waals surface area contributed by atoms with Crippen molar-refractivity contribution in [3.05, 3.63) is 12.3 Å². The summed E-state index contributed by atoms with van der Waals surface area (Å²) in [5.41, 5.74) is 0. The number of aromatic nitrogens is 2. The molecule has 2 aliphatic rings. The molecule has 7 nitrogen and oxygen atoms in total. The van der Waals surface area contributed by atoms with E-state index in [1.54, 1.807) is 0 Å². The molecule has 2 saturated heterocycles. The summed E-state index contributed by atoms with van der Waals surface area (Å²) in [6.45, 7) is 1.99. The molecule has 1 aromatic rings. The maximum atomic E-state index is 12.2. The first-order valence-electron chi connectivity index (χ1n) is 5.90. The van der Waals surface area contributed by atoms with Gasteiger partial charge in [0.15, 0.2) is 10.8 Å². The van der Waals surface area contributed by atoms with Crippen LogP contribution < -0.4 is 0 Å². The predicted molar refractivity (Wildman–Crippen MR) is 61.2 cm³/mol. The first-order chi connectivity index (χ1) is 8.62. The zero-order chi connectivity index (χ0) is 12.6. The molecule has 2 fully saturated rings. The minimum Gasteiger partial charge on any atom is -0.347 e. The Kier molecular flexibility index (Phi) is 2.89. The molecule has 0 bridgehead atoms. The van der Waals surface area contributed by atoms with Gasteiger partial charge in [0.25, 0.3) is 10.0 Å². The maximum absolute atomic E-state index is 12.2. The Bertz CT molecular complexity index is 497. The smallest absolute Gasteiger partial charge is 0.259 e. The van der Waals surface area contributed by atoms with Crippen molar-refractivity contribution < 1.29 is 17.9 Å². The molecule has 100 valence electrons. The minimum atomic E-state index is -3.46. The van der Waals surface area contributed by atoms with Crippen molar-refractivity contribution in [2.45, 2.75) is 23.7 Å². The average Bonchev–Trinajstić information content (AvgIpc) is 3.01. The molecule has 18 heavy (non-hydrogen) atoms. The Morgan fingerprint density at radius 3 is 2.50 bits per heavy atom. The van der Waals surface area contributed by atoms with Gasteiger partial charge in [0.05, 0.1) is 19.4 Å². The Labute approximate surface area is 105 Å². The molecule has 1 N–H and O–H groups in total. The Morgan fingerprint density at radius 2 is 1.94 bits per heavy atom. The van der Waals surface area contributed by atoms with Crippen molar-refractivity contribution in [1.82, 2.24) is 14.5 Å². The molecule has 3 rings (SSSR count). The Hall–Kier alpha value is -0.960. The third kappa shape index (κ3) is 1.95. The van der Waals surface area contributed by atoms with E-state index in [1.165, 1.54) is 16.6 Å². The lowest BCUT2D eigenvalue weighted by atomic mass is 10.1. The van der Waals surface area contributed by atoms with Gasteiger partial charge < -0.3 is 9.47 Å². The van der Waals surface area contributed by atoms with Crippen molar-refractivity contribution in [1.29, 1.82) is 0 Å². The number of hydrogen-bond acceptors (Lipinski definition) is 5. The lowest BCUT2D eigenvalue weighted by Gasteiger charge is -2.36. The van der Waals surface area contributed by atoms with E-state index in [1.807, 2.05) is 0 Å². The SMILES string of the molecule is O=S(=O)(c1ccn[nH]1)N1CCC2(CC1)OCCO2. The molecule has 3 heterocycles. The van der Waals surface area contributed by atoms with E-state index in [2.05, 4.69) is 10.2 Å². The summed E-state index contributed by atoms with van der Waals surface area (Å²) in [5.74, 6) is -0.556. The van der Waals surface area contributed by atoms with Crippen molar-refractivity contribution >= 4 is 10.0 Å². The molecule has 2 aliphatic heterocycles. The fourth-order valence-corrected chi connectivity index (χ4v) is 3.72. The van der Waals surface area contributed by atoms with Crippen molar-refractivity contribution in [2.24, 2.45) is 0 Å². The van der Waals surface area contributed by atoms with Crippen LogP contribution in [-0.4, -0.2) is 55.0 Å². The highest BCUT2D eigenvalue weighted by atomic mass is 32.2. The summed E-state index contributed by atoms with van der Waals surface area (Å²) in [7, 11) is -3.46. The van der Waals surface area contributed by atoms with Gasteiger partial charge in [0, 0.05) is 25.9 Å². The highest BCUT2D eigenvalue weighted by molar-refractivity contribution is 7.89. The first kappa shape index (κ1) is 12.1. The van der Waals surface area contributed by atoms with E-state index in [-0.39, 0.29) is 5.03 Å². The Balaban J connectivity index is 1.73. The molecule has 0 unspecified atom stereocenters. The topological polar surface area (TPSA) is 84.5 Å². The summed E-state index contributed by atoms with van der Waals surface area (Å²) in [6.07, 6.45) is 2.57. The number of hydrogen-bond donors (Lipinski definition) is 1. The minimum absolute atomic E-state index is 0.131. The number of nitrogens with zero attached hydrogens (tertiary/aromatic N) is 2. The van der Waals surface area contributed by atoms with Crippen LogP contribution in [0.5, 0.6) is 0 Å². The van der Waals surface area contributed by atoms with Gasteiger partial charge in [-0.2, -0.15) is 9.40 Å². The van der Waals surface area contributed by atoms with Crippen molar-refractivity contribution in [3.8, 4) is 0 Å². The van der Waals surface area contributed by atoms with E-state index in [9.17, 15) is 8.42 Å². The van der Waals surface area contributed by atoms with Crippen LogP contribution in [0.4, 0.5) is 0 Å². The summed E-state index contributed by atoms with van der Waals surface area (Å²) < 4.78 is 37.0. The standard InChI is InChI=1S/C10H15N3O4S/c14-18(15,9-1-4-11-12-9)13-5-2-10(3-6-13)16-7-8-17-10/h1,4H,2-3,5-8H2,(H,11,12). The maximum Gasteiger partial charge on any atom is 0.259 e. The molecule has 0 aromatic carbocycles. The fourth-order valence-electron chi connectivity index (χ4n) is 2.38. The first-order valence-corrected chi connectivity index (χ1v) is 7.34. The van der Waals surface area contributed by atoms with Crippen molar-refractivity contribution in [3.63, 3.8) is 0 Å². The van der Waals surface area contributed by atoms with Crippen LogP contribution in [0.1, 0.15) is 12.8 Å². The lowest BCUT2D eigenvalue weighted by molar-refractivity contribution is -0.179. The van der Waals surface area contributed by atoms with E-state index in [0.717, 1.165) is 0 Å². The van der Waals surface area contributed by atoms with Crippen LogP contribution in [0.25, 0.3) is 0 Å². The zero-order valence-corrected chi connectivity index (χ0v) is 10.6. The molecule has 0 aliphatic carbocycles. The van der Waals surface area contributed by atoms with Gasteiger partial charge >= 0.3 is 0 Å². The van der Waals surface area contributed by atoms with Gasteiger partial charge in [-0.1, -0.05) is 0 Å². The molecule has 0 amide bonds. The predicted octanol–water partition coefficient (Wildman–Crippen LogP) is -0.0627. The number of aromatic amines is 1. The summed E-state index contributed by atoms with van der Waals surface area (Å²) in [6, 6.07) is 1.46. The lowest BCUT2D eigenvalue weighted by Crippen LogP contribution is -2.47. The van der Waals surface area contributed by atoms with Gasteiger partial charge in [-0.05, 0) is 6.07 Å². The summed E-state index contributed by atoms with van der Waals surface area (Å²) in [5, 5.41) is 6.30. The monoisotopic (exact) mass is 273 g/mol. The summed E-state index contributed by atoms with van der Waals surface area (Å²) in [4.78, 5) is 0. The molecule has 0 radical (unpaired) electrons. The molecule has 1 aromatic heterocycles. The zero-order valence-electron chi connectivity index (χ0n) is 9.83. The molecule has 0 saturated carbocycles. The normalized spacial score (nSPS) is 24.7. The highest BCUT2D eigenvalue weighted by Crippen LogP contribution is 2.32. The van der Waals surface area contributed by atoms with Gasteiger partial charge in [-0.25, -0.2) is 8.42 Å². The van der Waals surface area contributed by atoms with E-state index in [4.69, 9.17) is 9.47 Å². The second kappa shape index (κ2) is 4.30. The molecule has 1 spiro atoms. The number of rotatable bonds is 2. The number of ether oxygens (including phenoxy) is 2. The summed E-state index contributed by atoms with van der Waals surface area (Å²) >= 11 is 0. The number of nitrogens with one attached hydrogen (secondary N) is 1. The fraction of sp³-hybridized carbons (Fsp3) is 0.700. The number of H-pyrrole nitrogens is 1. The Morgan fingerprint density at radius 1 is 1.28 bits per heavy atom. The van der Waals surface area contributed by atoms with E-state index in [0.29, 0.717) is 39.1 Å². The molecular weight excluding hydrogens is 258 g/mol. The van der Waals surface area contributed by atoms with E-state index < -0.39 is 15.8 Å². The number of sulfonamides is 1. The van der Waals surface area contributed by atoms with E-state index >= 15 is 0 Å². The van der Waals surface area contributed by atoms with Gasteiger partial charge in [-0.15, -0.1) is 0 Å². The van der Waals surface area contributed by atoms with Crippen molar-refractivity contribution in [2.75, 3.05) is 26.3 Å². The highest BCUT2D eigenvalue weighted by Gasteiger charge is 2.42. The third-order valence-corrected chi connectivity index (χ3v) is 5.22. The second-order valence-corrected chi connectivity index (χ2v) is 6.34. The number of piperidine rings is 1. The van der Waals surface area contributed by atoms with Gasteiger partial charge in [0.2, 0.25) is 0 Å². The molecule has 8 heteroatoms. The van der Waals surface area contributed by atoms with Crippen LogP contribution in [0, 0.1) is 0 Å². The largest absolute Gasteiger partial charge is 0.347 e. The van der Waals surface area contributed by atoms with Gasteiger partial charge in [-0.3, -0.25) is 5.10 Å². The van der Waals surface area contributed by atoms with Crippen LogP contribution in [0.3, 0.4) is 0 Å². The van der Waals surface area contributed by atoms with Gasteiger partial charge in [0.1, 0.15) is 0 Å². The second-order valence-electron chi connectivity index (χ2n) is 4.43. The van der Waals surface area contributed by atoms with Crippen LogP contribution in [0.2, 0.25) is 0 Å². The third-order valence-electron chi connectivity index (χ3n) is 3.39. The van der Waals surface area contributed by atoms with Crippen LogP contribution in [-0.2, 0) is 19.5 Å².